The van der Waals surface area contributed by atoms with Gasteiger partial charge in [-0.3, -0.25) is 24.7 Å². The Labute approximate surface area is 236 Å². The Morgan fingerprint density at radius 1 is 1.07 bits per heavy atom. The lowest BCUT2D eigenvalue weighted by molar-refractivity contribution is -0.139. The summed E-state index contributed by atoms with van der Waals surface area (Å²) < 4.78 is 4.67. The predicted molar refractivity (Wildman–Crippen MR) is 153 cm³/mol. The minimum absolute atomic E-state index is 0.0781. The molecule has 0 bridgehead atoms. The first-order chi connectivity index (χ1) is 19.5. The number of carbonyl (C=O) groups excluding carboxylic acids is 3. The van der Waals surface area contributed by atoms with Crippen molar-refractivity contribution in [3.05, 3.63) is 100 Å². The van der Waals surface area contributed by atoms with Gasteiger partial charge in [-0.1, -0.05) is 30.3 Å². The molecular formula is C30H29N5O4S. The van der Waals surface area contributed by atoms with E-state index < -0.39 is 17.9 Å². The average molecular weight is 556 g/mol. The largest absolute Gasteiger partial charge is 0.468 e. The molecule has 2 N–H and O–H groups in total. The standard InChI is InChI=1S/C30H29N5O4S/c1-39-28(36)17-33-29(37)25-14-22(21-7-10-31-11-8-21)15-27-24(25)9-12-35(27)30(38)26(13-20-5-3-2-4-6-20)32-16-23-18-40-19-34-23/h2-8,10-11,14-15,18-19,26,32H,9,12-13,16-17H2,1H3,(H,33,37)/t26-/m0/s1. The number of nitrogens with zero attached hydrogens (tertiary/aromatic N) is 3. The van der Waals surface area contributed by atoms with Crippen molar-refractivity contribution in [2.45, 2.75) is 25.4 Å². The van der Waals surface area contributed by atoms with E-state index in [4.69, 9.17) is 0 Å². The summed E-state index contributed by atoms with van der Waals surface area (Å²) in [4.78, 5) is 49.3. The summed E-state index contributed by atoms with van der Waals surface area (Å²) in [6.45, 7) is 0.659. The lowest BCUT2D eigenvalue weighted by atomic mass is 9.97. The Bertz CT molecular complexity index is 1480. The third kappa shape index (κ3) is 6.24. The zero-order valence-electron chi connectivity index (χ0n) is 22.0. The van der Waals surface area contributed by atoms with E-state index in [1.165, 1.54) is 18.4 Å². The van der Waals surface area contributed by atoms with E-state index >= 15 is 0 Å². The highest BCUT2D eigenvalue weighted by Crippen LogP contribution is 2.36. The highest BCUT2D eigenvalue weighted by Gasteiger charge is 2.33. The number of carbonyl (C=O) groups is 3. The Morgan fingerprint density at radius 3 is 2.60 bits per heavy atom. The molecule has 0 radical (unpaired) electrons. The van der Waals surface area contributed by atoms with Gasteiger partial charge in [-0.15, -0.1) is 11.3 Å². The Balaban J connectivity index is 1.48. The van der Waals surface area contributed by atoms with Gasteiger partial charge in [-0.25, -0.2) is 4.98 Å². The van der Waals surface area contributed by atoms with Crippen molar-refractivity contribution in [2.75, 3.05) is 25.1 Å². The first kappa shape index (κ1) is 27.2. The van der Waals surface area contributed by atoms with E-state index in [-0.39, 0.29) is 12.5 Å². The summed E-state index contributed by atoms with van der Waals surface area (Å²) in [6, 6.07) is 16.8. The van der Waals surface area contributed by atoms with Crippen molar-refractivity contribution in [3.8, 4) is 11.1 Å². The van der Waals surface area contributed by atoms with E-state index in [1.54, 1.807) is 28.9 Å². The van der Waals surface area contributed by atoms with Crippen molar-refractivity contribution in [1.29, 1.82) is 0 Å². The molecule has 2 aromatic carbocycles. The second-order valence-electron chi connectivity index (χ2n) is 9.36. The molecule has 0 unspecified atom stereocenters. The highest BCUT2D eigenvalue weighted by atomic mass is 32.1. The zero-order valence-corrected chi connectivity index (χ0v) is 22.8. The van der Waals surface area contributed by atoms with Crippen molar-refractivity contribution in [2.24, 2.45) is 0 Å². The Morgan fingerprint density at radius 2 is 1.88 bits per heavy atom. The first-order valence-corrected chi connectivity index (χ1v) is 13.9. The molecule has 0 saturated heterocycles. The van der Waals surface area contributed by atoms with Crippen LogP contribution in [-0.4, -0.2) is 54.0 Å². The molecule has 9 nitrogen and oxygen atoms in total. The number of methoxy groups -OCH3 is 1. The summed E-state index contributed by atoms with van der Waals surface area (Å²) in [6.07, 6.45) is 4.39. The zero-order chi connectivity index (χ0) is 27.9. The number of amides is 2. The van der Waals surface area contributed by atoms with Crippen LogP contribution in [0.4, 0.5) is 5.69 Å². The van der Waals surface area contributed by atoms with Gasteiger partial charge in [-0.05, 0) is 59.4 Å². The van der Waals surface area contributed by atoms with E-state index in [2.05, 4.69) is 25.3 Å². The maximum absolute atomic E-state index is 14.1. The van der Waals surface area contributed by atoms with Gasteiger partial charge in [0.15, 0.2) is 0 Å². The minimum Gasteiger partial charge on any atom is -0.468 e. The second-order valence-corrected chi connectivity index (χ2v) is 10.1. The summed E-state index contributed by atoms with van der Waals surface area (Å²) in [5.74, 6) is -1.01. The monoisotopic (exact) mass is 555 g/mol. The lowest BCUT2D eigenvalue weighted by Gasteiger charge is -2.26. The molecule has 5 rings (SSSR count). The number of benzene rings is 2. The van der Waals surface area contributed by atoms with Crippen LogP contribution >= 0.6 is 11.3 Å². The van der Waals surface area contributed by atoms with E-state index in [1.807, 2.05) is 53.9 Å². The van der Waals surface area contributed by atoms with E-state index in [0.29, 0.717) is 37.2 Å². The van der Waals surface area contributed by atoms with E-state index in [9.17, 15) is 14.4 Å². The van der Waals surface area contributed by atoms with Crippen molar-refractivity contribution in [3.63, 3.8) is 0 Å². The third-order valence-electron chi connectivity index (χ3n) is 6.84. The topological polar surface area (TPSA) is 114 Å². The Kier molecular flexibility index (Phi) is 8.58. The smallest absolute Gasteiger partial charge is 0.325 e. The van der Waals surface area contributed by atoms with Gasteiger partial charge >= 0.3 is 5.97 Å². The second kappa shape index (κ2) is 12.6. The van der Waals surface area contributed by atoms with Gasteiger partial charge in [0.2, 0.25) is 5.91 Å². The van der Waals surface area contributed by atoms with Crippen LogP contribution < -0.4 is 15.5 Å². The molecule has 2 aromatic heterocycles. The number of esters is 1. The van der Waals surface area contributed by atoms with Gasteiger partial charge in [0.1, 0.15) is 6.54 Å². The van der Waals surface area contributed by atoms with Crippen LogP contribution in [0.3, 0.4) is 0 Å². The molecule has 3 heterocycles. The molecule has 40 heavy (non-hydrogen) atoms. The third-order valence-corrected chi connectivity index (χ3v) is 7.48. The van der Waals surface area contributed by atoms with Crippen LogP contribution in [-0.2, 0) is 33.7 Å². The van der Waals surface area contributed by atoms with Gasteiger partial charge in [0.25, 0.3) is 5.91 Å². The molecule has 1 aliphatic rings. The average Bonchev–Trinajstić information content (AvgIpc) is 3.68. The normalized spacial score (nSPS) is 13.0. The number of thiazole rings is 1. The summed E-state index contributed by atoms with van der Waals surface area (Å²) >= 11 is 1.51. The number of hydrogen-bond donors (Lipinski definition) is 2. The molecule has 2 amide bonds. The van der Waals surface area contributed by atoms with Crippen LogP contribution in [0.1, 0.15) is 27.2 Å². The molecular weight excluding hydrogens is 526 g/mol. The molecule has 4 aromatic rings. The maximum Gasteiger partial charge on any atom is 0.325 e. The quantitative estimate of drug-likeness (QED) is 0.288. The molecule has 1 atom stereocenters. The fourth-order valence-corrected chi connectivity index (χ4v) is 5.36. The van der Waals surface area contributed by atoms with Crippen molar-refractivity contribution >= 4 is 34.8 Å². The van der Waals surface area contributed by atoms with Crippen molar-refractivity contribution in [1.82, 2.24) is 20.6 Å². The number of rotatable bonds is 10. The SMILES string of the molecule is COC(=O)CNC(=O)c1cc(-c2ccncc2)cc2c1CCN2C(=O)[C@H](Cc1ccccc1)NCc1cscn1. The van der Waals surface area contributed by atoms with Gasteiger partial charge in [0.05, 0.1) is 24.4 Å². The van der Waals surface area contributed by atoms with Crippen molar-refractivity contribution < 1.29 is 19.1 Å². The van der Waals surface area contributed by atoms with Gasteiger partial charge < -0.3 is 15.0 Å². The lowest BCUT2D eigenvalue weighted by Crippen LogP contribution is -2.47. The van der Waals surface area contributed by atoms with Gasteiger partial charge in [-0.2, -0.15) is 0 Å². The number of ether oxygens (including phenoxy) is 1. The number of aromatic nitrogens is 2. The summed E-state index contributed by atoms with van der Waals surface area (Å²) in [5.41, 5.74) is 7.22. The van der Waals surface area contributed by atoms with Crippen LogP contribution in [0.2, 0.25) is 0 Å². The molecule has 0 fully saturated rings. The number of nitrogens with one attached hydrogen (secondary N) is 2. The van der Waals surface area contributed by atoms with Crippen LogP contribution in [0.5, 0.6) is 0 Å². The molecule has 10 heteroatoms. The molecule has 0 spiro atoms. The molecule has 0 saturated carbocycles. The molecule has 204 valence electrons. The summed E-state index contributed by atoms with van der Waals surface area (Å²) in [5, 5.41) is 8.02. The summed E-state index contributed by atoms with van der Waals surface area (Å²) in [7, 11) is 1.27. The van der Waals surface area contributed by atoms with Crippen LogP contribution in [0.25, 0.3) is 11.1 Å². The van der Waals surface area contributed by atoms with Gasteiger partial charge in [0, 0.05) is 42.1 Å². The highest BCUT2D eigenvalue weighted by molar-refractivity contribution is 7.07. The predicted octanol–water partition coefficient (Wildman–Crippen LogP) is 3.40. The molecule has 0 aliphatic carbocycles. The number of anilines is 1. The fraction of sp³-hybridized carbons (Fsp3) is 0.233. The Hall–Kier alpha value is -4.41. The number of pyridine rings is 1. The van der Waals surface area contributed by atoms with E-state index in [0.717, 1.165) is 27.9 Å². The first-order valence-electron chi connectivity index (χ1n) is 12.9. The van der Waals surface area contributed by atoms with Crippen LogP contribution in [0, 0.1) is 0 Å². The number of fused-ring (bicyclic) bond motifs is 1. The van der Waals surface area contributed by atoms with Crippen LogP contribution in [0.15, 0.2) is 77.9 Å². The molecule has 1 aliphatic heterocycles. The minimum atomic E-state index is -0.540. The maximum atomic E-state index is 14.1. The fourth-order valence-electron chi connectivity index (χ4n) is 4.80. The number of hydrogen-bond acceptors (Lipinski definition) is 8.